The molecule has 0 radical (unpaired) electrons. The van der Waals surface area contributed by atoms with Gasteiger partial charge in [-0.05, 0) is 32.4 Å². The van der Waals surface area contributed by atoms with Crippen molar-refractivity contribution in [3.8, 4) is 0 Å². The zero-order chi connectivity index (χ0) is 14.0. The predicted molar refractivity (Wildman–Crippen MR) is 72.7 cm³/mol. The summed E-state index contributed by atoms with van der Waals surface area (Å²) in [4.78, 5) is 18.3. The van der Waals surface area contributed by atoms with Gasteiger partial charge in [-0.2, -0.15) is 0 Å². The van der Waals surface area contributed by atoms with Crippen LogP contribution in [0.4, 0.5) is 4.79 Å². The molecule has 19 heavy (non-hydrogen) atoms. The first kappa shape index (κ1) is 13.8. The Bertz CT molecular complexity index is 468. The lowest BCUT2D eigenvalue weighted by molar-refractivity contribution is 0.0148. The largest absolute Gasteiger partial charge is 0.444 e. The third-order valence-electron chi connectivity index (χ3n) is 3.10. The van der Waals surface area contributed by atoms with Crippen molar-refractivity contribution in [2.45, 2.75) is 38.8 Å². The summed E-state index contributed by atoms with van der Waals surface area (Å²) in [6.45, 7) is 6.56. The molecule has 2 heterocycles. The van der Waals surface area contributed by atoms with Crippen LogP contribution >= 0.6 is 0 Å². The molecule has 5 nitrogen and oxygen atoms in total. The second-order valence-electron chi connectivity index (χ2n) is 5.71. The monoisotopic (exact) mass is 263 g/mol. The van der Waals surface area contributed by atoms with E-state index in [1.54, 1.807) is 11.1 Å². The van der Waals surface area contributed by atoms with E-state index in [2.05, 4.69) is 4.98 Å². The Labute approximate surface area is 113 Å². The molecule has 104 valence electrons. The van der Waals surface area contributed by atoms with Crippen LogP contribution in [0, 0.1) is 0 Å². The van der Waals surface area contributed by atoms with E-state index >= 15 is 0 Å². The number of fused-ring (bicyclic) bond motifs is 1. The first-order valence-electron chi connectivity index (χ1n) is 6.56. The van der Waals surface area contributed by atoms with E-state index in [9.17, 15) is 4.79 Å². The molecule has 0 saturated carbocycles. The number of amides is 1. The van der Waals surface area contributed by atoms with Crippen molar-refractivity contribution in [2.24, 2.45) is 5.73 Å². The molecule has 1 aromatic heterocycles. The molecule has 1 aromatic rings. The molecule has 0 aliphatic carbocycles. The van der Waals surface area contributed by atoms with Crippen molar-refractivity contribution < 1.29 is 9.53 Å². The predicted octanol–water partition coefficient (Wildman–Crippen LogP) is 1.87. The number of ether oxygens (including phenoxy) is 1. The van der Waals surface area contributed by atoms with Crippen molar-refractivity contribution in [2.75, 3.05) is 13.1 Å². The number of hydrogen-bond donors (Lipinski definition) is 1. The summed E-state index contributed by atoms with van der Waals surface area (Å²) < 4.78 is 5.44. The summed E-state index contributed by atoms with van der Waals surface area (Å²) in [5.41, 5.74) is 7.39. The minimum absolute atomic E-state index is 0.146. The molecular formula is C14H21N3O2. The van der Waals surface area contributed by atoms with Crippen molar-refractivity contribution in [3.63, 3.8) is 0 Å². The van der Waals surface area contributed by atoms with Gasteiger partial charge in [-0.15, -0.1) is 0 Å². The number of carbonyl (C=O) groups is 1. The van der Waals surface area contributed by atoms with Gasteiger partial charge in [0.2, 0.25) is 0 Å². The highest BCUT2D eigenvalue weighted by atomic mass is 16.6. The van der Waals surface area contributed by atoms with Crippen LogP contribution in [0.1, 0.15) is 38.1 Å². The van der Waals surface area contributed by atoms with Crippen LogP contribution in [0.2, 0.25) is 0 Å². The van der Waals surface area contributed by atoms with Crippen LogP contribution in [-0.4, -0.2) is 34.7 Å². The Morgan fingerprint density at radius 2 is 2.32 bits per heavy atom. The molecule has 5 heteroatoms. The molecular weight excluding hydrogens is 242 g/mol. The molecule has 0 aromatic carbocycles. The zero-order valence-corrected chi connectivity index (χ0v) is 11.7. The summed E-state index contributed by atoms with van der Waals surface area (Å²) >= 11 is 0. The summed E-state index contributed by atoms with van der Waals surface area (Å²) in [6, 6.07) is 3.71. The van der Waals surface area contributed by atoms with Gasteiger partial charge in [-0.3, -0.25) is 9.88 Å². The third kappa shape index (κ3) is 3.04. The Balaban J connectivity index is 2.22. The number of nitrogens with zero attached hydrogens (tertiary/aromatic N) is 2. The van der Waals surface area contributed by atoms with Crippen LogP contribution in [0.5, 0.6) is 0 Å². The standard InChI is InChI=1S/C14H21N3O2/c1-14(2,3)19-13(18)17-8-6-11-10(12(17)9-15)5-4-7-16-11/h4-5,7,12H,6,8-9,15H2,1-3H3. The molecule has 0 bridgehead atoms. The second-order valence-corrected chi connectivity index (χ2v) is 5.71. The minimum atomic E-state index is -0.495. The lowest BCUT2D eigenvalue weighted by Gasteiger charge is -2.37. The van der Waals surface area contributed by atoms with E-state index < -0.39 is 5.60 Å². The lowest BCUT2D eigenvalue weighted by atomic mass is 9.97. The fourth-order valence-corrected chi connectivity index (χ4v) is 2.31. The van der Waals surface area contributed by atoms with Gasteiger partial charge in [-0.1, -0.05) is 6.07 Å². The number of aromatic nitrogens is 1. The molecule has 0 saturated heterocycles. The van der Waals surface area contributed by atoms with Crippen LogP contribution in [-0.2, 0) is 11.2 Å². The van der Waals surface area contributed by atoms with Gasteiger partial charge in [0.15, 0.2) is 0 Å². The molecule has 2 rings (SSSR count). The molecule has 0 fully saturated rings. The van der Waals surface area contributed by atoms with Crippen LogP contribution in [0.25, 0.3) is 0 Å². The number of rotatable bonds is 1. The first-order valence-corrected chi connectivity index (χ1v) is 6.56. The highest BCUT2D eigenvalue weighted by molar-refractivity contribution is 5.69. The van der Waals surface area contributed by atoms with Gasteiger partial charge in [0.05, 0.1) is 6.04 Å². The molecule has 2 N–H and O–H groups in total. The second kappa shape index (κ2) is 5.17. The lowest BCUT2D eigenvalue weighted by Crippen LogP contribution is -2.45. The Hall–Kier alpha value is -1.62. The highest BCUT2D eigenvalue weighted by Gasteiger charge is 2.33. The highest BCUT2D eigenvalue weighted by Crippen LogP contribution is 2.28. The van der Waals surface area contributed by atoms with Gasteiger partial charge < -0.3 is 10.5 Å². The van der Waals surface area contributed by atoms with E-state index in [-0.39, 0.29) is 12.1 Å². The van der Waals surface area contributed by atoms with Gasteiger partial charge in [0.25, 0.3) is 0 Å². The van der Waals surface area contributed by atoms with Crippen molar-refractivity contribution in [3.05, 3.63) is 29.6 Å². The average Bonchev–Trinajstić information content (AvgIpc) is 2.35. The quantitative estimate of drug-likeness (QED) is 0.840. The molecule has 1 unspecified atom stereocenters. The molecule has 1 amide bonds. The zero-order valence-electron chi connectivity index (χ0n) is 11.7. The van der Waals surface area contributed by atoms with E-state index in [0.29, 0.717) is 13.1 Å². The average molecular weight is 263 g/mol. The molecule has 1 aliphatic heterocycles. The van der Waals surface area contributed by atoms with Gasteiger partial charge in [-0.25, -0.2) is 4.79 Å². The van der Waals surface area contributed by atoms with Gasteiger partial charge in [0.1, 0.15) is 5.60 Å². The third-order valence-corrected chi connectivity index (χ3v) is 3.10. The molecule has 1 atom stereocenters. The fourth-order valence-electron chi connectivity index (χ4n) is 2.31. The number of hydrogen-bond acceptors (Lipinski definition) is 4. The number of nitrogens with two attached hydrogens (primary N) is 1. The maximum atomic E-state index is 12.2. The van der Waals surface area contributed by atoms with Crippen LogP contribution < -0.4 is 5.73 Å². The Morgan fingerprint density at radius 1 is 1.58 bits per heavy atom. The number of pyridine rings is 1. The summed E-state index contributed by atoms with van der Waals surface area (Å²) in [6.07, 6.45) is 2.21. The first-order chi connectivity index (χ1) is 8.92. The van der Waals surface area contributed by atoms with Crippen molar-refractivity contribution >= 4 is 6.09 Å². The van der Waals surface area contributed by atoms with Crippen molar-refractivity contribution in [1.82, 2.24) is 9.88 Å². The van der Waals surface area contributed by atoms with E-state index in [0.717, 1.165) is 17.7 Å². The summed E-state index contributed by atoms with van der Waals surface area (Å²) in [5, 5.41) is 0. The Kier molecular flexibility index (Phi) is 3.75. The molecule has 0 spiro atoms. The number of carbonyl (C=O) groups excluding carboxylic acids is 1. The van der Waals surface area contributed by atoms with E-state index in [1.807, 2.05) is 32.9 Å². The summed E-state index contributed by atoms with van der Waals surface area (Å²) in [5.74, 6) is 0. The van der Waals surface area contributed by atoms with Crippen LogP contribution in [0.15, 0.2) is 18.3 Å². The minimum Gasteiger partial charge on any atom is -0.444 e. The maximum Gasteiger partial charge on any atom is 0.410 e. The van der Waals surface area contributed by atoms with Gasteiger partial charge in [0, 0.05) is 31.4 Å². The van der Waals surface area contributed by atoms with E-state index in [4.69, 9.17) is 10.5 Å². The molecule has 1 aliphatic rings. The SMILES string of the molecule is CC(C)(C)OC(=O)N1CCc2ncccc2C1CN. The Morgan fingerprint density at radius 3 is 2.95 bits per heavy atom. The normalized spacial score (nSPS) is 18.9. The van der Waals surface area contributed by atoms with Crippen LogP contribution in [0.3, 0.4) is 0 Å². The fraction of sp³-hybridized carbons (Fsp3) is 0.571. The van der Waals surface area contributed by atoms with Gasteiger partial charge >= 0.3 is 6.09 Å². The summed E-state index contributed by atoms with van der Waals surface area (Å²) in [7, 11) is 0. The smallest absolute Gasteiger partial charge is 0.410 e. The van der Waals surface area contributed by atoms with E-state index in [1.165, 1.54) is 0 Å². The topological polar surface area (TPSA) is 68.5 Å². The van der Waals surface area contributed by atoms with Crippen molar-refractivity contribution in [1.29, 1.82) is 0 Å². The maximum absolute atomic E-state index is 12.2.